The average molecular weight is 303 g/mol. The summed E-state index contributed by atoms with van der Waals surface area (Å²) < 4.78 is 9.32. The van der Waals surface area contributed by atoms with Crippen LogP contribution in [0.1, 0.15) is 5.56 Å². The van der Waals surface area contributed by atoms with E-state index in [2.05, 4.69) is 52.4 Å². The zero-order valence-electron chi connectivity index (χ0n) is 12.9. The Kier molecular flexibility index (Phi) is 3.35. The molecule has 0 bridgehead atoms. The summed E-state index contributed by atoms with van der Waals surface area (Å²) in [5, 5.41) is 5.72. The minimum atomic E-state index is 0.809. The predicted molar refractivity (Wildman–Crippen MR) is 91.2 cm³/mol. The van der Waals surface area contributed by atoms with Crippen molar-refractivity contribution in [2.75, 3.05) is 7.11 Å². The molecule has 0 saturated carbocycles. The molecule has 0 unspecified atom stereocenters. The Bertz CT molecular complexity index is 935. The summed E-state index contributed by atoms with van der Waals surface area (Å²) in [7, 11) is 1.67. The van der Waals surface area contributed by atoms with Gasteiger partial charge in [0.15, 0.2) is 0 Å². The van der Waals surface area contributed by atoms with Crippen LogP contribution in [0.2, 0.25) is 0 Å². The van der Waals surface area contributed by atoms with Gasteiger partial charge in [0.1, 0.15) is 5.75 Å². The number of para-hydroxylation sites is 1. The lowest BCUT2D eigenvalue weighted by molar-refractivity contribution is 0.414. The van der Waals surface area contributed by atoms with Gasteiger partial charge in [0.25, 0.3) is 0 Å². The molecule has 0 aliphatic carbocycles. The van der Waals surface area contributed by atoms with E-state index in [0.29, 0.717) is 0 Å². The number of aromatic nitrogens is 3. The maximum absolute atomic E-state index is 5.19. The molecule has 0 spiro atoms. The number of benzene rings is 2. The number of fused-ring (bicyclic) bond motifs is 1. The highest BCUT2D eigenvalue weighted by atomic mass is 16.5. The van der Waals surface area contributed by atoms with Crippen molar-refractivity contribution in [1.82, 2.24) is 14.3 Å². The molecular weight excluding hydrogens is 286 g/mol. The second-order valence-electron chi connectivity index (χ2n) is 5.49. The number of rotatable bonds is 4. The van der Waals surface area contributed by atoms with E-state index in [9.17, 15) is 0 Å². The molecule has 0 radical (unpaired) electrons. The van der Waals surface area contributed by atoms with Crippen LogP contribution >= 0.6 is 0 Å². The number of nitrogens with zero attached hydrogens (tertiary/aromatic N) is 3. The van der Waals surface area contributed by atoms with E-state index < -0.39 is 0 Å². The smallest absolute Gasteiger partial charge is 0.119 e. The maximum atomic E-state index is 5.19. The number of hydrogen-bond donors (Lipinski definition) is 0. The first-order valence-electron chi connectivity index (χ1n) is 7.55. The first-order valence-corrected chi connectivity index (χ1v) is 7.55. The van der Waals surface area contributed by atoms with E-state index in [0.717, 1.165) is 18.0 Å². The Balaban J connectivity index is 1.60. The van der Waals surface area contributed by atoms with Crippen LogP contribution in [0, 0.1) is 0 Å². The highest BCUT2D eigenvalue weighted by molar-refractivity contribution is 5.80. The lowest BCUT2D eigenvalue weighted by Gasteiger charge is -2.04. The summed E-state index contributed by atoms with van der Waals surface area (Å²) in [4.78, 5) is 0. The molecule has 0 fully saturated rings. The fourth-order valence-electron chi connectivity index (χ4n) is 2.79. The first-order chi connectivity index (χ1) is 11.3. The third-order valence-corrected chi connectivity index (χ3v) is 4.01. The van der Waals surface area contributed by atoms with E-state index in [1.54, 1.807) is 7.11 Å². The van der Waals surface area contributed by atoms with Crippen LogP contribution in [0.3, 0.4) is 0 Å². The van der Waals surface area contributed by atoms with Crippen molar-refractivity contribution in [3.8, 4) is 11.4 Å². The number of hydrogen-bond acceptors (Lipinski definition) is 2. The minimum Gasteiger partial charge on any atom is -0.497 e. The third kappa shape index (κ3) is 2.59. The van der Waals surface area contributed by atoms with Gasteiger partial charge in [0.05, 0.1) is 25.5 Å². The lowest BCUT2D eigenvalue weighted by Crippen LogP contribution is -1.97. The highest BCUT2D eigenvalue weighted by Crippen LogP contribution is 2.18. The Morgan fingerprint density at radius 3 is 2.65 bits per heavy atom. The van der Waals surface area contributed by atoms with Crippen LogP contribution in [0.25, 0.3) is 16.6 Å². The van der Waals surface area contributed by atoms with Gasteiger partial charge in [0, 0.05) is 23.5 Å². The molecule has 2 aromatic carbocycles. The topological polar surface area (TPSA) is 32.0 Å². The molecule has 0 amide bonds. The average Bonchev–Trinajstić information content (AvgIpc) is 3.23. The molecule has 4 nitrogen and oxygen atoms in total. The second kappa shape index (κ2) is 5.65. The molecule has 4 rings (SSSR count). The van der Waals surface area contributed by atoms with Crippen molar-refractivity contribution < 1.29 is 4.74 Å². The zero-order valence-corrected chi connectivity index (χ0v) is 12.9. The van der Waals surface area contributed by atoms with Gasteiger partial charge in [-0.15, -0.1) is 0 Å². The summed E-state index contributed by atoms with van der Waals surface area (Å²) in [6.45, 7) is 0.809. The van der Waals surface area contributed by atoms with E-state index in [-0.39, 0.29) is 0 Å². The third-order valence-electron chi connectivity index (χ3n) is 4.01. The molecule has 0 atom stereocenters. The Morgan fingerprint density at radius 1 is 1.00 bits per heavy atom. The largest absolute Gasteiger partial charge is 0.497 e. The molecule has 114 valence electrons. The maximum Gasteiger partial charge on any atom is 0.119 e. The summed E-state index contributed by atoms with van der Waals surface area (Å²) in [6, 6.07) is 18.4. The molecule has 0 aliphatic rings. The van der Waals surface area contributed by atoms with Crippen molar-refractivity contribution in [2.45, 2.75) is 6.54 Å². The summed E-state index contributed by atoms with van der Waals surface area (Å²) in [6.07, 6.45) is 6.10. The highest BCUT2D eigenvalue weighted by Gasteiger charge is 2.05. The van der Waals surface area contributed by atoms with Crippen LogP contribution in [-0.4, -0.2) is 21.5 Å². The standard InChI is InChI=1S/C19H17N3O/c1-23-18-8-6-17(7-9-18)22-14-15(12-20-22)13-21-11-10-16-4-2-3-5-19(16)21/h2-12,14H,13H2,1H3. The van der Waals surface area contributed by atoms with Gasteiger partial charge in [-0.1, -0.05) is 18.2 Å². The van der Waals surface area contributed by atoms with Crippen LogP contribution in [-0.2, 0) is 6.54 Å². The van der Waals surface area contributed by atoms with Gasteiger partial charge in [-0.3, -0.25) is 0 Å². The lowest BCUT2D eigenvalue weighted by atomic mass is 10.2. The Labute approximate surface area is 134 Å². The molecular formula is C19H17N3O. The van der Waals surface area contributed by atoms with Crippen molar-refractivity contribution >= 4 is 10.9 Å². The summed E-state index contributed by atoms with van der Waals surface area (Å²) in [5.41, 5.74) is 3.43. The van der Waals surface area contributed by atoms with Gasteiger partial charge in [-0.05, 0) is 41.8 Å². The minimum absolute atomic E-state index is 0.809. The fraction of sp³-hybridized carbons (Fsp3) is 0.105. The Hall–Kier alpha value is -3.01. The molecule has 0 saturated heterocycles. The van der Waals surface area contributed by atoms with Crippen molar-refractivity contribution in [3.63, 3.8) is 0 Å². The van der Waals surface area contributed by atoms with Crippen LogP contribution < -0.4 is 4.74 Å². The normalized spacial score (nSPS) is 11.0. The van der Waals surface area contributed by atoms with Crippen molar-refractivity contribution in [1.29, 1.82) is 0 Å². The number of ether oxygens (including phenoxy) is 1. The first kappa shape index (κ1) is 13.6. The van der Waals surface area contributed by atoms with Gasteiger partial charge in [-0.25, -0.2) is 4.68 Å². The van der Waals surface area contributed by atoms with E-state index in [1.807, 2.05) is 35.1 Å². The van der Waals surface area contributed by atoms with Gasteiger partial charge in [0.2, 0.25) is 0 Å². The molecule has 2 heterocycles. The second-order valence-corrected chi connectivity index (χ2v) is 5.49. The molecule has 23 heavy (non-hydrogen) atoms. The van der Waals surface area contributed by atoms with Crippen LogP contribution in [0.5, 0.6) is 5.75 Å². The Morgan fingerprint density at radius 2 is 1.83 bits per heavy atom. The van der Waals surface area contributed by atoms with Crippen molar-refractivity contribution in [2.24, 2.45) is 0 Å². The predicted octanol–water partition coefficient (Wildman–Crippen LogP) is 3.88. The quantitative estimate of drug-likeness (QED) is 0.573. The van der Waals surface area contributed by atoms with Crippen molar-refractivity contribution in [3.05, 3.63) is 78.8 Å². The SMILES string of the molecule is COc1ccc(-n2cc(Cn3ccc4ccccc43)cn2)cc1. The fourth-order valence-corrected chi connectivity index (χ4v) is 2.79. The van der Waals surface area contributed by atoms with E-state index in [1.165, 1.54) is 16.5 Å². The molecule has 0 N–H and O–H groups in total. The molecule has 0 aliphatic heterocycles. The number of methoxy groups -OCH3 is 1. The van der Waals surface area contributed by atoms with Crippen LogP contribution in [0.15, 0.2) is 73.2 Å². The molecule has 4 heteroatoms. The molecule has 2 aromatic heterocycles. The van der Waals surface area contributed by atoms with E-state index in [4.69, 9.17) is 4.74 Å². The monoisotopic (exact) mass is 303 g/mol. The van der Waals surface area contributed by atoms with Crippen LogP contribution in [0.4, 0.5) is 0 Å². The van der Waals surface area contributed by atoms with Gasteiger partial charge >= 0.3 is 0 Å². The summed E-state index contributed by atoms with van der Waals surface area (Å²) in [5.74, 6) is 0.847. The zero-order chi connectivity index (χ0) is 15.6. The van der Waals surface area contributed by atoms with Gasteiger partial charge in [-0.2, -0.15) is 5.10 Å². The van der Waals surface area contributed by atoms with Gasteiger partial charge < -0.3 is 9.30 Å². The molecule has 4 aromatic rings. The van der Waals surface area contributed by atoms with E-state index >= 15 is 0 Å². The summed E-state index contributed by atoms with van der Waals surface area (Å²) >= 11 is 0.